The fourth-order valence-electron chi connectivity index (χ4n) is 3.26. The van der Waals surface area contributed by atoms with E-state index in [4.69, 9.17) is 4.74 Å². The molecule has 1 aliphatic heterocycles. The molecule has 9 heteroatoms. The maximum atomic E-state index is 12.6. The van der Waals surface area contributed by atoms with Gasteiger partial charge in [0.05, 0.1) is 18.0 Å². The van der Waals surface area contributed by atoms with Crippen molar-refractivity contribution in [1.82, 2.24) is 14.9 Å². The molecule has 0 spiro atoms. The van der Waals surface area contributed by atoms with E-state index in [1.165, 1.54) is 15.4 Å². The zero-order valence-electron chi connectivity index (χ0n) is 17.1. The molecule has 28 heavy (non-hydrogen) atoms. The summed E-state index contributed by atoms with van der Waals surface area (Å²) in [6, 6.07) is 8.26. The van der Waals surface area contributed by atoms with Crippen LogP contribution >= 0.6 is 24.0 Å². The molecule has 0 aliphatic carbocycles. The van der Waals surface area contributed by atoms with E-state index in [0.29, 0.717) is 32.1 Å². The first-order chi connectivity index (χ1) is 12.9. The minimum atomic E-state index is -3.32. The summed E-state index contributed by atoms with van der Waals surface area (Å²) in [4.78, 5) is 4.18. The molecule has 2 unspecified atom stereocenters. The Morgan fingerprint density at radius 3 is 2.36 bits per heavy atom. The van der Waals surface area contributed by atoms with Crippen LogP contribution in [0.1, 0.15) is 31.9 Å². The van der Waals surface area contributed by atoms with Crippen LogP contribution < -0.4 is 10.6 Å². The van der Waals surface area contributed by atoms with Crippen LogP contribution in [0.15, 0.2) is 29.3 Å². The van der Waals surface area contributed by atoms with Gasteiger partial charge in [0.2, 0.25) is 10.0 Å². The molecule has 1 saturated heterocycles. The number of nitrogens with one attached hydrogen (secondary N) is 2. The largest absolute Gasteiger partial charge is 0.373 e. The summed E-state index contributed by atoms with van der Waals surface area (Å²) in [5, 5.41) is 6.35. The third-order valence-corrected chi connectivity index (χ3v) is 6.41. The molecule has 2 N–H and O–H groups in total. The molecule has 1 aromatic carbocycles. The first kappa shape index (κ1) is 25.1. The van der Waals surface area contributed by atoms with Crippen LogP contribution in [0.4, 0.5) is 0 Å². The lowest BCUT2D eigenvalue weighted by molar-refractivity contribution is -0.0440. The van der Waals surface area contributed by atoms with Crippen LogP contribution in [0.2, 0.25) is 0 Å². The van der Waals surface area contributed by atoms with E-state index in [1.54, 1.807) is 7.05 Å². The molecule has 0 saturated carbocycles. The zero-order chi connectivity index (χ0) is 19.9. The first-order valence-electron chi connectivity index (χ1n) is 9.50. The topological polar surface area (TPSA) is 83.0 Å². The lowest BCUT2D eigenvalue weighted by Crippen LogP contribution is -2.50. The molecule has 2 rings (SSSR count). The molecule has 7 nitrogen and oxygen atoms in total. The van der Waals surface area contributed by atoms with Gasteiger partial charge >= 0.3 is 0 Å². The number of hydrogen-bond acceptors (Lipinski definition) is 4. The summed E-state index contributed by atoms with van der Waals surface area (Å²) >= 11 is 0. The predicted molar refractivity (Wildman–Crippen MR) is 125 cm³/mol. The van der Waals surface area contributed by atoms with Crippen LogP contribution in [0.5, 0.6) is 0 Å². The lowest BCUT2D eigenvalue weighted by atomic mass is 10.1. The fraction of sp³-hybridized carbons (Fsp3) is 0.632. The van der Waals surface area contributed by atoms with Gasteiger partial charge in [-0.2, -0.15) is 4.31 Å². The Morgan fingerprint density at radius 1 is 1.18 bits per heavy atom. The molecule has 0 bridgehead atoms. The Bertz CT molecular complexity index is 732. The maximum absolute atomic E-state index is 12.6. The number of guanidine groups is 1. The Balaban J connectivity index is 0.00000392. The van der Waals surface area contributed by atoms with Crippen molar-refractivity contribution in [3.05, 3.63) is 35.4 Å². The molecule has 0 amide bonds. The number of aryl methyl sites for hydroxylation is 1. The molecule has 1 fully saturated rings. The molecular formula is C19H33IN4O3S. The van der Waals surface area contributed by atoms with Crippen LogP contribution in [0, 0.1) is 0 Å². The van der Waals surface area contributed by atoms with Crippen LogP contribution in [-0.2, 0) is 27.7 Å². The van der Waals surface area contributed by atoms with E-state index in [-0.39, 0.29) is 41.9 Å². The summed E-state index contributed by atoms with van der Waals surface area (Å²) in [5.74, 6) is 0.624. The van der Waals surface area contributed by atoms with Crippen LogP contribution in [0.25, 0.3) is 0 Å². The van der Waals surface area contributed by atoms with Gasteiger partial charge in [-0.05, 0) is 31.4 Å². The highest BCUT2D eigenvalue weighted by atomic mass is 127. The second-order valence-electron chi connectivity index (χ2n) is 6.87. The van der Waals surface area contributed by atoms with Crippen molar-refractivity contribution in [3.63, 3.8) is 0 Å². The Labute approximate surface area is 186 Å². The van der Waals surface area contributed by atoms with Gasteiger partial charge in [-0.25, -0.2) is 8.42 Å². The number of sulfonamides is 1. The maximum Gasteiger partial charge on any atom is 0.216 e. The van der Waals surface area contributed by atoms with Crippen molar-refractivity contribution in [2.45, 2.75) is 45.9 Å². The molecule has 0 aromatic heterocycles. The fourth-order valence-corrected chi connectivity index (χ4v) is 4.75. The number of hydrogen-bond donors (Lipinski definition) is 2. The van der Waals surface area contributed by atoms with E-state index in [1.807, 2.05) is 26.0 Å². The summed E-state index contributed by atoms with van der Waals surface area (Å²) < 4.78 is 32.3. The Kier molecular flexibility index (Phi) is 10.7. The third-order valence-electron chi connectivity index (χ3n) is 4.60. The van der Waals surface area contributed by atoms with Crippen molar-refractivity contribution in [3.8, 4) is 0 Å². The van der Waals surface area contributed by atoms with Gasteiger partial charge in [-0.15, -0.1) is 24.0 Å². The number of halogens is 1. The van der Waals surface area contributed by atoms with Crippen molar-refractivity contribution in [2.24, 2.45) is 4.99 Å². The normalized spacial score (nSPS) is 21.1. The monoisotopic (exact) mass is 524 g/mol. The van der Waals surface area contributed by atoms with Gasteiger partial charge in [0.25, 0.3) is 0 Å². The molecule has 2 atom stereocenters. The lowest BCUT2D eigenvalue weighted by Gasteiger charge is -2.34. The second-order valence-corrected chi connectivity index (χ2v) is 8.95. The zero-order valence-corrected chi connectivity index (χ0v) is 20.3. The third kappa shape index (κ3) is 7.49. The average Bonchev–Trinajstić information content (AvgIpc) is 2.63. The predicted octanol–water partition coefficient (Wildman–Crippen LogP) is 1.97. The Hall–Kier alpha value is -0.910. The molecule has 0 radical (unpaired) electrons. The summed E-state index contributed by atoms with van der Waals surface area (Å²) in [7, 11) is -1.64. The van der Waals surface area contributed by atoms with Gasteiger partial charge in [0.1, 0.15) is 0 Å². The standard InChI is InChI=1S/C19H32N4O3S.HI/c1-5-17-8-6-7-9-18(17)12-22-19(20-4)21-10-11-27(24,25)23-13-15(2)26-16(3)14-23;/h6-9,15-16H,5,10-14H2,1-4H3,(H2,20,21,22);1H. The SMILES string of the molecule is CCc1ccccc1CNC(=NC)NCCS(=O)(=O)N1CC(C)OC(C)C1.I. The highest BCUT2D eigenvalue weighted by Crippen LogP contribution is 2.14. The highest BCUT2D eigenvalue weighted by molar-refractivity contribution is 14.0. The van der Waals surface area contributed by atoms with Crippen molar-refractivity contribution in [1.29, 1.82) is 0 Å². The molecule has 1 aliphatic rings. The minimum Gasteiger partial charge on any atom is -0.373 e. The Morgan fingerprint density at radius 2 is 1.79 bits per heavy atom. The van der Waals surface area contributed by atoms with Crippen molar-refractivity contribution >= 4 is 40.0 Å². The summed E-state index contributed by atoms with van der Waals surface area (Å²) in [6.45, 7) is 7.70. The van der Waals surface area contributed by atoms with Crippen LogP contribution in [-0.4, -0.2) is 63.3 Å². The van der Waals surface area contributed by atoms with E-state index in [2.05, 4.69) is 34.7 Å². The van der Waals surface area contributed by atoms with Gasteiger partial charge < -0.3 is 15.4 Å². The molecular weight excluding hydrogens is 491 g/mol. The van der Waals surface area contributed by atoms with Gasteiger partial charge in [-0.1, -0.05) is 31.2 Å². The van der Waals surface area contributed by atoms with Gasteiger partial charge in [0, 0.05) is 33.2 Å². The minimum absolute atomic E-state index is 0. The summed E-state index contributed by atoms with van der Waals surface area (Å²) in [5.41, 5.74) is 2.51. The number of nitrogens with zero attached hydrogens (tertiary/aromatic N) is 2. The average molecular weight is 524 g/mol. The highest BCUT2D eigenvalue weighted by Gasteiger charge is 2.30. The van der Waals surface area contributed by atoms with Crippen molar-refractivity contribution < 1.29 is 13.2 Å². The summed E-state index contributed by atoms with van der Waals surface area (Å²) in [6.07, 6.45) is 0.813. The van der Waals surface area contributed by atoms with Gasteiger partial charge in [-0.3, -0.25) is 4.99 Å². The number of benzene rings is 1. The quantitative estimate of drug-likeness (QED) is 0.324. The van der Waals surface area contributed by atoms with E-state index < -0.39 is 10.0 Å². The number of ether oxygens (including phenoxy) is 1. The first-order valence-corrected chi connectivity index (χ1v) is 11.1. The second kappa shape index (κ2) is 11.9. The number of aliphatic imine (C=N–C) groups is 1. The molecule has 160 valence electrons. The van der Waals surface area contributed by atoms with Gasteiger partial charge in [0.15, 0.2) is 5.96 Å². The van der Waals surface area contributed by atoms with E-state index in [0.717, 1.165) is 6.42 Å². The molecule has 1 heterocycles. The smallest absolute Gasteiger partial charge is 0.216 e. The van der Waals surface area contributed by atoms with Crippen molar-refractivity contribution in [2.75, 3.05) is 32.4 Å². The number of morpholine rings is 1. The van der Waals surface area contributed by atoms with E-state index in [9.17, 15) is 8.42 Å². The number of rotatable bonds is 7. The van der Waals surface area contributed by atoms with Crippen LogP contribution in [0.3, 0.4) is 0 Å². The van der Waals surface area contributed by atoms with E-state index >= 15 is 0 Å². The molecule has 1 aromatic rings.